The summed E-state index contributed by atoms with van der Waals surface area (Å²) in [6.07, 6.45) is 0.292. The topological polar surface area (TPSA) is 101 Å². The molecule has 3 aromatic carbocycles. The van der Waals surface area contributed by atoms with Crippen LogP contribution in [0.15, 0.2) is 83.8 Å². The molecule has 30 heavy (non-hydrogen) atoms. The van der Waals surface area contributed by atoms with Gasteiger partial charge in [0.2, 0.25) is 11.8 Å². The molecule has 0 aliphatic carbocycles. The second-order valence-corrected chi connectivity index (χ2v) is 7.53. The van der Waals surface area contributed by atoms with Crippen LogP contribution in [0, 0.1) is 0 Å². The highest BCUT2D eigenvalue weighted by molar-refractivity contribution is 8.00. The standard InChI is InChI=1S/C23H21N3O3S/c24-23(29)19-11-4-5-12-20(19)26-22(28)15-30-18-10-6-9-17(14-18)25-21(27)13-16-7-2-1-3-8-16/h1-12,14H,13,15H2,(H2,24,29)(H,25,27)(H,26,28). The maximum atomic E-state index is 12.3. The van der Waals surface area contributed by atoms with Crippen LogP contribution in [0.5, 0.6) is 0 Å². The van der Waals surface area contributed by atoms with Gasteiger partial charge in [-0.25, -0.2) is 0 Å². The Kier molecular flexibility index (Phi) is 7.24. The quantitative estimate of drug-likeness (QED) is 0.485. The number of carbonyl (C=O) groups is 3. The average molecular weight is 420 g/mol. The number of hydrogen-bond donors (Lipinski definition) is 3. The normalized spacial score (nSPS) is 10.3. The summed E-state index contributed by atoms with van der Waals surface area (Å²) in [5.41, 5.74) is 7.59. The molecule has 3 aromatic rings. The zero-order chi connectivity index (χ0) is 21.3. The van der Waals surface area contributed by atoms with Crippen LogP contribution in [0.1, 0.15) is 15.9 Å². The van der Waals surface area contributed by atoms with Crippen molar-refractivity contribution in [2.45, 2.75) is 11.3 Å². The molecule has 152 valence electrons. The number of nitrogens with two attached hydrogens (primary N) is 1. The van der Waals surface area contributed by atoms with Crippen LogP contribution in [0.4, 0.5) is 11.4 Å². The highest BCUT2D eigenvalue weighted by Crippen LogP contribution is 2.22. The van der Waals surface area contributed by atoms with Gasteiger partial charge in [-0.2, -0.15) is 0 Å². The molecule has 0 radical (unpaired) electrons. The van der Waals surface area contributed by atoms with Gasteiger partial charge in [-0.15, -0.1) is 11.8 Å². The zero-order valence-electron chi connectivity index (χ0n) is 16.1. The van der Waals surface area contributed by atoms with Crippen LogP contribution in [0.25, 0.3) is 0 Å². The fraction of sp³-hybridized carbons (Fsp3) is 0.0870. The summed E-state index contributed by atoms with van der Waals surface area (Å²) in [5.74, 6) is -0.817. The lowest BCUT2D eigenvalue weighted by molar-refractivity contribution is -0.115. The lowest BCUT2D eigenvalue weighted by atomic mass is 10.1. The molecule has 0 spiro atoms. The highest BCUT2D eigenvalue weighted by atomic mass is 32.2. The molecular formula is C23H21N3O3S. The third-order valence-electron chi connectivity index (χ3n) is 4.16. The van der Waals surface area contributed by atoms with Crippen molar-refractivity contribution in [2.24, 2.45) is 5.73 Å². The number of thioether (sulfide) groups is 1. The van der Waals surface area contributed by atoms with Crippen molar-refractivity contribution >= 4 is 40.9 Å². The van der Waals surface area contributed by atoms with Gasteiger partial charge < -0.3 is 16.4 Å². The Bertz CT molecular complexity index is 1050. The molecule has 0 unspecified atom stereocenters. The van der Waals surface area contributed by atoms with Crippen molar-refractivity contribution in [3.05, 3.63) is 90.0 Å². The fourth-order valence-electron chi connectivity index (χ4n) is 2.79. The summed E-state index contributed by atoms with van der Waals surface area (Å²) in [6, 6.07) is 23.4. The molecule has 0 saturated carbocycles. The van der Waals surface area contributed by atoms with Crippen molar-refractivity contribution < 1.29 is 14.4 Å². The number of carbonyl (C=O) groups excluding carboxylic acids is 3. The van der Waals surface area contributed by atoms with Gasteiger partial charge in [-0.05, 0) is 35.9 Å². The van der Waals surface area contributed by atoms with E-state index in [1.54, 1.807) is 30.3 Å². The van der Waals surface area contributed by atoms with Crippen molar-refractivity contribution in [3.63, 3.8) is 0 Å². The van der Waals surface area contributed by atoms with Gasteiger partial charge in [0.1, 0.15) is 0 Å². The van der Waals surface area contributed by atoms with Crippen LogP contribution >= 0.6 is 11.8 Å². The maximum absolute atomic E-state index is 12.3. The first-order chi connectivity index (χ1) is 14.5. The van der Waals surface area contributed by atoms with Crippen LogP contribution in [0.2, 0.25) is 0 Å². The molecule has 0 aromatic heterocycles. The van der Waals surface area contributed by atoms with E-state index in [1.165, 1.54) is 11.8 Å². The average Bonchev–Trinajstić information content (AvgIpc) is 2.73. The Morgan fingerprint density at radius 1 is 0.800 bits per heavy atom. The molecule has 7 heteroatoms. The van der Waals surface area contributed by atoms with Crippen LogP contribution in [0.3, 0.4) is 0 Å². The summed E-state index contributed by atoms with van der Waals surface area (Å²) in [5, 5.41) is 5.58. The van der Waals surface area contributed by atoms with Crippen LogP contribution in [-0.2, 0) is 16.0 Å². The summed E-state index contributed by atoms with van der Waals surface area (Å²) in [4.78, 5) is 36.8. The molecule has 3 amide bonds. The molecular weight excluding hydrogens is 398 g/mol. The molecule has 6 nitrogen and oxygen atoms in total. The Morgan fingerprint density at radius 3 is 2.30 bits per heavy atom. The van der Waals surface area contributed by atoms with E-state index in [0.29, 0.717) is 17.8 Å². The zero-order valence-corrected chi connectivity index (χ0v) is 16.9. The maximum Gasteiger partial charge on any atom is 0.250 e. The third kappa shape index (κ3) is 6.22. The van der Waals surface area contributed by atoms with Gasteiger partial charge in [0.05, 0.1) is 23.4 Å². The number of primary amides is 1. The van der Waals surface area contributed by atoms with E-state index < -0.39 is 5.91 Å². The number of amides is 3. The molecule has 0 saturated heterocycles. The number of benzene rings is 3. The number of para-hydroxylation sites is 1. The predicted molar refractivity (Wildman–Crippen MR) is 120 cm³/mol. The molecule has 0 bridgehead atoms. The molecule has 3 rings (SSSR count). The predicted octanol–water partition coefficient (Wildman–Crippen LogP) is 3.70. The monoisotopic (exact) mass is 419 g/mol. The number of hydrogen-bond acceptors (Lipinski definition) is 4. The van der Waals surface area contributed by atoms with Crippen molar-refractivity contribution in [1.82, 2.24) is 0 Å². The first kappa shape index (κ1) is 21.1. The Labute approximate surface area is 178 Å². The van der Waals surface area contributed by atoms with Gasteiger partial charge in [0.25, 0.3) is 5.91 Å². The van der Waals surface area contributed by atoms with Gasteiger partial charge in [-0.1, -0.05) is 48.5 Å². The lowest BCUT2D eigenvalue weighted by Crippen LogP contribution is -2.19. The van der Waals surface area contributed by atoms with Gasteiger partial charge >= 0.3 is 0 Å². The minimum absolute atomic E-state index is 0.107. The van der Waals surface area contributed by atoms with E-state index in [-0.39, 0.29) is 23.1 Å². The van der Waals surface area contributed by atoms with Crippen molar-refractivity contribution in [1.29, 1.82) is 0 Å². The van der Waals surface area contributed by atoms with Crippen LogP contribution in [-0.4, -0.2) is 23.5 Å². The van der Waals surface area contributed by atoms with Gasteiger partial charge in [-0.3, -0.25) is 14.4 Å². The van der Waals surface area contributed by atoms with Crippen molar-refractivity contribution in [2.75, 3.05) is 16.4 Å². The fourth-order valence-corrected chi connectivity index (χ4v) is 3.55. The Hall–Kier alpha value is -3.58. The van der Waals surface area contributed by atoms with Gasteiger partial charge in [0, 0.05) is 10.6 Å². The summed E-state index contributed by atoms with van der Waals surface area (Å²) < 4.78 is 0. The largest absolute Gasteiger partial charge is 0.366 e. The van der Waals surface area contributed by atoms with E-state index in [1.807, 2.05) is 48.5 Å². The molecule has 0 atom stereocenters. The first-order valence-electron chi connectivity index (χ1n) is 9.26. The molecule has 0 fully saturated rings. The number of nitrogens with one attached hydrogen (secondary N) is 2. The Balaban J connectivity index is 1.54. The Morgan fingerprint density at radius 2 is 1.53 bits per heavy atom. The third-order valence-corrected chi connectivity index (χ3v) is 5.16. The minimum atomic E-state index is -0.600. The molecule has 0 aliphatic rings. The molecule has 0 aliphatic heterocycles. The van der Waals surface area contributed by atoms with E-state index in [0.717, 1.165) is 10.5 Å². The first-order valence-corrected chi connectivity index (χ1v) is 10.2. The lowest BCUT2D eigenvalue weighted by Gasteiger charge is -2.10. The SMILES string of the molecule is NC(=O)c1ccccc1NC(=O)CSc1cccc(NC(=O)Cc2ccccc2)c1. The second-order valence-electron chi connectivity index (χ2n) is 6.49. The smallest absolute Gasteiger partial charge is 0.250 e. The number of anilines is 2. The second kappa shape index (κ2) is 10.3. The van der Waals surface area contributed by atoms with E-state index in [4.69, 9.17) is 5.73 Å². The van der Waals surface area contributed by atoms with E-state index >= 15 is 0 Å². The van der Waals surface area contributed by atoms with Gasteiger partial charge in [0.15, 0.2) is 0 Å². The minimum Gasteiger partial charge on any atom is -0.366 e. The summed E-state index contributed by atoms with van der Waals surface area (Å²) in [7, 11) is 0. The van der Waals surface area contributed by atoms with Crippen molar-refractivity contribution in [3.8, 4) is 0 Å². The van der Waals surface area contributed by atoms with E-state index in [2.05, 4.69) is 10.6 Å². The highest BCUT2D eigenvalue weighted by Gasteiger charge is 2.11. The summed E-state index contributed by atoms with van der Waals surface area (Å²) in [6.45, 7) is 0. The van der Waals surface area contributed by atoms with E-state index in [9.17, 15) is 14.4 Å². The summed E-state index contributed by atoms with van der Waals surface area (Å²) >= 11 is 1.33. The van der Waals surface area contributed by atoms with Crippen LogP contribution < -0.4 is 16.4 Å². The molecule has 4 N–H and O–H groups in total. The number of rotatable bonds is 8. The molecule has 0 heterocycles.